The molecule has 1 saturated heterocycles. The smallest absolute Gasteiger partial charge is 0.307 e. The molecule has 1 aliphatic heterocycles. The van der Waals surface area contributed by atoms with Crippen molar-refractivity contribution in [3.05, 3.63) is 0 Å². The van der Waals surface area contributed by atoms with E-state index in [1.807, 2.05) is 0 Å². The van der Waals surface area contributed by atoms with Crippen molar-refractivity contribution in [2.75, 3.05) is 19.6 Å². The van der Waals surface area contributed by atoms with Crippen molar-refractivity contribution < 1.29 is 9.53 Å². The first-order valence-electron chi connectivity index (χ1n) is 17.1. The molecular weight excluding hydrogens is 466 g/mol. The van der Waals surface area contributed by atoms with E-state index in [0.717, 1.165) is 73.9 Å². The summed E-state index contributed by atoms with van der Waals surface area (Å²) in [6, 6.07) is 0. The summed E-state index contributed by atoms with van der Waals surface area (Å²) in [6.07, 6.45) is 21.2. The summed E-state index contributed by atoms with van der Waals surface area (Å²) in [6.45, 7) is 16.0. The van der Waals surface area contributed by atoms with Gasteiger partial charge in [-0.2, -0.15) is 0 Å². The molecule has 0 N–H and O–H groups in total. The summed E-state index contributed by atoms with van der Waals surface area (Å²) < 4.78 is 6.12. The van der Waals surface area contributed by atoms with Crippen molar-refractivity contribution >= 4 is 5.97 Å². The molecule has 0 aromatic carbocycles. The Morgan fingerprint density at radius 3 is 2.37 bits per heavy atom. The van der Waals surface area contributed by atoms with E-state index in [2.05, 4.69) is 39.5 Å². The molecule has 4 aliphatic carbocycles. The third-order valence-corrected chi connectivity index (χ3v) is 13.2. The van der Waals surface area contributed by atoms with Gasteiger partial charge in [-0.25, -0.2) is 0 Å². The zero-order valence-electron chi connectivity index (χ0n) is 25.8. The molecule has 4 saturated carbocycles. The minimum Gasteiger partial charge on any atom is -0.462 e. The highest BCUT2D eigenvalue weighted by atomic mass is 16.5. The number of ether oxygens (including phenoxy) is 1. The third kappa shape index (κ3) is 5.89. The molecule has 0 aromatic rings. The lowest BCUT2D eigenvalue weighted by molar-refractivity contribution is -0.163. The molecule has 5 fully saturated rings. The Bertz CT molecular complexity index is 789. The van der Waals surface area contributed by atoms with Crippen LogP contribution >= 0.6 is 0 Å². The standard InChI is InChI=1S/C35H61NO2/c1-25(2)10-9-11-26(3)30-14-15-31-29-13-12-27-24-28(38-33(37)18-23-36-21-7-6-8-22-36)16-19-34(27,4)32(29)17-20-35(30,31)5/h25-32H,6-24H2,1-5H3/t26-,27?,28+,29+,30-,31+,32+,34+,35?/m1/s1. The van der Waals surface area contributed by atoms with E-state index in [0.29, 0.717) is 17.3 Å². The second-order valence-electron chi connectivity index (χ2n) is 15.7. The summed E-state index contributed by atoms with van der Waals surface area (Å²) in [5.41, 5.74) is 1.06. The largest absolute Gasteiger partial charge is 0.462 e. The molecule has 38 heavy (non-hydrogen) atoms. The van der Waals surface area contributed by atoms with Crippen LogP contribution in [-0.2, 0) is 9.53 Å². The van der Waals surface area contributed by atoms with Crippen LogP contribution in [0.3, 0.4) is 0 Å². The molecule has 0 bridgehead atoms. The van der Waals surface area contributed by atoms with Crippen LogP contribution in [0.2, 0.25) is 0 Å². The second-order valence-corrected chi connectivity index (χ2v) is 15.7. The SMILES string of the molecule is CC(C)CCC[C@@H](C)[C@H]1CC[C@H]2[C@@H]3CCC4C[C@@H](OC(=O)CCN5CCCCC5)CC[C@]4(C)[C@H]3CCC12C. The summed E-state index contributed by atoms with van der Waals surface area (Å²) in [4.78, 5) is 15.2. The first-order valence-corrected chi connectivity index (χ1v) is 17.1. The molecule has 5 rings (SSSR count). The van der Waals surface area contributed by atoms with E-state index in [-0.39, 0.29) is 12.1 Å². The second kappa shape index (κ2) is 12.1. The number of carbonyl (C=O) groups excluding carboxylic acids is 1. The maximum Gasteiger partial charge on any atom is 0.307 e. The van der Waals surface area contributed by atoms with Gasteiger partial charge in [-0.15, -0.1) is 0 Å². The molecule has 0 aromatic heterocycles. The van der Waals surface area contributed by atoms with Crippen LogP contribution in [0.25, 0.3) is 0 Å². The highest BCUT2D eigenvalue weighted by Crippen LogP contribution is 2.68. The van der Waals surface area contributed by atoms with Crippen LogP contribution in [0.5, 0.6) is 0 Å². The minimum atomic E-state index is 0.0609. The summed E-state index contributed by atoms with van der Waals surface area (Å²) >= 11 is 0. The van der Waals surface area contributed by atoms with Crippen LogP contribution in [-0.4, -0.2) is 36.6 Å². The maximum absolute atomic E-state index is 12.7. The molecule has 0 radical (unpaired) electrons. The fourth-order valence-electron chi connectivity index (χ4n) is 11.0. The van der Waals surface area contributed by atoms with Gasteiger partial charge in [0.2, 0.25) is 0 Å². The number of rotatable bonds is 9. The topological polar surface area (TPSA) is 29.5 Å². The molecule has 5 aliphatic rings. The number of esters is 1. The molecule has 3 nitrogen and oxygen atoms in total. The number of fused-ring (bicyclic) bond motifs is 5. The highest BCUT2D eigenvalue weighted by Gasteiger charge is 2.60. The van der Waals surface area contributed by atoms with E-state index in [4.69, 9.17) is 4.74 Å². The number of hydrogen-bond acceptors (Lipinski definition) is 3. The molecule has 2 unspecified atom stereocenters. The van der Waals surface area contributed by atoms with Gasteiger partial charge in [0.25, 0.3) is 0 Å². The molecular formula is C35H61NO2. The van der Waals surface area contributed by atoms with Crippen LogP contribution in [0, 0.1) is 52.3 Å². The highest BCUT2D eigenvalue weighted by molar-refractivity contribution is 5.69. The van der Waals surface area contributed by atoms with E-state index in [1.54, 1.807) is 0 Å². The Balaban J connectivity index is 1.14. The minimum absolute atomic E-state index is 0.0609. The predicted molar refractivity (Wildman–Crippen MR) is 158 cm³/mol. The normalized spacial score (nSPS) is 42.3. The van der Waals surface area contributed by atoms with Gasteiger partial charge in [0.15, 0.2) is 0 Å². The lowest BCUT2D eigenvalue weighted by atomic mass is 9.44. The Morgan fingerprint density at radius 2 is 1.61 bits per heavy atom. The van der Waals surface area contributed by atoms with Crippen LogP contribution in [0.4, 0.5) is 0 Å². The van der Waals surface area contributed by atoms with Gasteiger partial charge in [0.05, 0.1) is 6.42 Å². The first kappa shape index (κ1) is 28.9. The fourth-order valence-corrected chi connectivity index (χ4v) is 11.0. The van der Waals surface area contributed by atoms with Gasteiger partial charge in [0.1, 0.15) is 6.10 Å². The van der Waals surface area contributed by atoms with Crippen molar-refractivity contribution in [2.24, 2.45) is 52.3 Å². The lowest BCUT2D eigenvalue weighted by Crippen LogP contribution is -2.54. The fraction of sp³-hybridized carbons (Fsp3) is 0.971. The number of hydrogen-bond donors (Lipinski definition) is 0. The van der Waals surface area contributed by atoms with Crippen molar-refractivity contribution in [1.29, 1.82) is 0 Å². The Morgan fingerprint density at radius 1 is 0.868 bits per heavy atom. The van der Waals surface area contributed by atoms with Gasteiger partial charge < -0.3 is 9.64 Å². The summed E-state index contributed by atoms with van der Waals surface area (Å²) in [5, 5.41) is 0. The number of nitrogens with zero attached hydrogens (tertiary/aromatic N) is 1. The quantitative estimate of drug-likeness (QED) is 0.280. The van der Waals surface area contributed by atoms with E-state index < -0.39 is 0 Å². The first-order chi connectivity index (χ1) is 18.2. The number of piperidine rings is 1. The predicted octanol–water partition coefficient (Wildman–Crippen LogP) is 8.90. The molecule has 0 amide bonds. The lowest BCUT2D eigenvalue weighted by Gasteiger charge is -2.61. The zero-order chi connectivity index (χ0) is 26.9. The molecule has 3 heteroatoms. The van der Waals surface area contributed by atoms with Crippen molar-refractivity contribution in [2.45, 2.75) is 143 Å². The summed E-state index contributed by atoms with van der Waals surface area (Å²) in [5.74, 6) is 6.33. The zero-order valence-corrected chi connectivity index (χ0v) is 25.8. The molecule has 0 spiro atoms. The third-order valence-electron chi connectivity index (χ3n) is 13.2. The van der Waals surface area contributed by atoms with E-state index >= 15 is 0 Å². The van der Waals surface area contributed by atoms with E-state index in [1.165, 1.54) is 83.5 Å². The van der Waals surface area contributed by atoms with E-state index in [9.17, 15) is 4.79 Å². The van der Waals surface area contributed by atoms with Crippen LogP contribution in [0.1, 0.15) is 137 Å². The number of carbonyl (C=O) groups is 1. The van der Waals surface area contributed by atoms with Gasteiger partial charge in [0, 0.05) is 6.54 Å². The molecule has 218 valence electrons. The molecule has 1 heterocycles. The molecule has 9 atom stereocenters. The van der Waals surface area contributed by atoms with Crippen molar-refractivity contribution in [3.63, 3.8) is 0 Å². The Labute approximate surface area is 235 Å². The van der Waals surface area contributed by atoms with Gasteiger partial charge >= 0.3 is 5.97 Å². The average Bonchev–Trinajstić information content (AvgIpc) is 3.25. The Hall–Kier alpha value is -0.570. The number of likely N-dealkylation sites (tertiary alicyclic amines) is 1. The van der Waals surface area contributed by atoms with Gasteiger partial charge in [-0.05, 0) is 136 Å². The average molecular weight is 528 g/mol. The summed E-state index contributed by atoms with van der Waals surface area (Å²) in [7, 11) is 0. The Kier molecular flexibility index (Phi) is 9.23. The monoisotopic (exact) mass is 527 g/mol. The van der Waals surface area contributed by atoms with Crippen LogP contribution in [0.15, 0.2) is 0 Å². The van der Waals surface area contributed by atoms with Gasteiger partial charge in [-0.3, -0.25) is 4.79 Å². The van der Waals surface area contributed by atoms with Crippen molar-refractivity contribution in [3.8, 4) is 0 Å². The van der Waals surface area contributed by atoms with Crippen molar-refractivity contribution in [1.82, 2.24) is 4.90 Å². The van der Waals surface area contributed by atoms with Crippen LogP contribution < -0.4 is 0 Å². The van der Waals surface area contributed by atoms with Gasteiger partial charge in [-0.1, -0.05) is 60.3 Å². The maximum atomic E-state index is 12.7.